The molecule has 74 heavy (non-hydrogen) atoms. The topological polar surface area (TPSA) is 30.0 Å². The van der Waals surface area contributed by atoms with Gasteiger partial charge in [0.05, 0.1) is 26.2 Å². The van der Waals surface area contributed by atoms with Crippen LogP contribution < -0.4 is 0 Å². The zero-order valence-corrected chi connectivity index (χ0v) is 53.0. The molecule has 0 radical (unpaired) electrons. The predicted octanol–water partition coefficient (Wildman–Crippen LogP) is 26.7. The average molecular weight is 1040 g/mol. The lowest BCUT2D eigenvalue weighted by Gasteiger charge is -2.40. The summed E-state index contributed by atoms with van der Waals surface area (Å²) in [4.78, 5) is 0. The van der Waals surface area contributed by atoms with Gasteiger partial charge in [0.1, 0.15) is 0 Å². The van der Waals surface area contributed by atoms with Crippen molar-refractivity contribution in [3.8, 4) is 0 Å². The highest BCUT2D eigenvalue weighted by molar-refractivity contribution is 4.58. The van der Waals surface area contributed by atoms with Gasteiger partial charge in [-0.25, -0.2) is 0 Å². The summed E-state index contributed by atoms with van der Waals surface area (Å²) in [5.41, 5.74) is 0. The lowest BCUT2D eigenvalue weighted by Crippen LogP contribution is -2.50. The van der Waals surface area contributed by atoms with E-state index in [9.17, 15) is 0 Å². The van der Waals surface area contributed by atoms with Crippen LogP contribution in [0.1, 0.15) is 439 Å². The van der Waals surface area contributed by atoms with Crippen molar-refractivity contribution in [2.45, 2.75) is 439 Å². The van der Waals surface area contributed by atoms with Gasteiger partial charge in [0, 0.05) is 0 Å². The molecular weight excluding hydrogens is 895 g/mol. The van der Waals surface area contributed by atoms with Gasteiger partial charge in [0.25, 0.3) is 0 Å². The van der Waals surface area contributed by atoms with Gasteiger partial charge in [-0.2, -0.15) is 0 Å². The molecule has 0 bridgehead atoms. The van der Waals surface area contributed by atoms with E-state index in [1.807, 2.05) is 0 Å². The smallest absolute Gasteiger partial charge is 0.0786 e. The fraction of sp³-hybridized carbons (Fsp3) is 1.00. The Bertz CT molecular complexity index is 783. The molecule has 448 valence electrons. The zero-order valence-electron chi connectivity index (χ0n) is 53.0. The highest BCUT2D eigenvalue weighted by atomic mass is 16.0. The van der Waals surface area contributed by atoms with E-state index in [1.54, 1.807) is 0 Å². The Morgan fingerprint density at radius 2 is 0.203 bits per heavy atom. The maximum absolute atomic E-state index is 2.33. The third-order valence-corrected chi connectivity index (χ3v) is 17.9. The van der Waals surface area contributed by atoms with Crippen LogP contribution in [0.4, 0.5) is 0 Å². The van der Waals surface area contributed by atoms with E-state index in [1.165, 1.54) is 442 Å². The van der Waals surface area contributed by atoms with Crippen molar-refractivity contribution in [2.75, 3.05) is 26.2 Å². The SMILES string of the molecule is CCCCCCCCCCCCCCCCCC[N+](CCCCCCCCCCCCCCCCCC)(CCCCCCCCCCCCCCCCCC)CCCCCCCCCCCCCCCCCC.[OH-]. The second-order valence-corrected chi connectivity index (χ2v) is 25.4. The number of nitrogens with zero attached hydrogens (tertiary/aromatic N) is 1. The molecule has 0 aromatic heterocycles. The Balaban J connectivity index is 0. The summed E-state index contributed by atoms with van der Waals surface area (Å²) in [5.74, 6) is 0. The van der Waals surface area contributed by atoms with Crippen molar-refractivity contribution in [2.24, 2.45) is 0 Å². The lowest BCUT2D eigenvalue weighted by atomic mass is 10.0. The van der Waals surface area contributed by atoms with Crippen molar-refractivity contribution in [3.05, 3.63) is 0 Å². The van der Waals surface area contributed by atoms with E-state index in [0.717, 1.165) is 0 Å². The normalized spacial score (nSPS) is 11.8. The van der Waals surface area contributed by atoms with Crippen LogP contribution in [0, 0.1) is 0 Å². The van der Waals surface area contributed by atoms with Crippen LogP contribution in [0.5, 0.6) is 0 Å². The van der Waals surface area contributed by atoms with Crippen LogP contribution in [0.25, 0.3) is 0 Å². The molecule has 0 aliphatic rings. The Morgan fingerprint density at radius 1 is 0.122 bits per heavy atom. The van der Waals surface area contributed by atoms with Crippen molar-refractivity contribution >= 4 is 0 Å². The van der Waals surface area contributed by atoms with Gasteiger partial charge in [-0.1, -0.05) is 387 Å². The molecule has 0 spiro atoms. The molecule has 0 aliphatic heterocycles. The van der Waals surface area contributed by atoms with Gasteiger partial charge in [-0.3, -0.25) is 0 Å². The van der Waals surface area contributed by atoms with E-state index in [2.05, 4.69) is 27.7 Å². The average Bonchev–Trinajstić information content (AvgIpc) is 3.40. The van der Waals surface area contributed by atoms with Crippen molar-refractivity contribution in [1.29, 1.82) is 0 Å². The number of unbranched alkanes of at least 4 members (excludes halogenated alkanes) is 60. The highest BCUT2D eigenvalue weighted by Gasteiger charge is 2.26. The summed E-state index contributed by atoms with van der Waals surface area (Å²) in [6.45, 7) is 15.3. The van der Waals surface area contributed by atoms with Crippen molar-refractivity contribution in [1.82, 2.24) is 0 Å². The molecule has 0 atom stereocenters. The zero-order chi connectivity index (χ0) is 52.6. The number of hydrogen-bond acceptors (Lipinski definition) is 1. The van der Waals surface area contributed by atoms with Gasteiger partial charge in [0.15, 0.2) is 0 Å². The maximum Gasteiger partial charge on any atom is 0.0786 e. The Hall–Kier alpha value is -0.0800. The fourth-order valence-electron chi connectivity index (χ4n) is 12.7. The molecule has 0 saturated heterocycles. The molecule has 0 aromatic rings. The fourth-order valence-corrected chi connectivity index (χ4v) is 12.7. The van der Waals surface area contributed by atoms with E-state index in [0.29, 0.717) is 0 Å². The van der Waals surface area contributed by atoms with Crippen molar-refractivity contribution < 1.29 is 9.96 Å². The Morgan fingerprint density at radius 3 is 0.297 bits per heavy atom. The molecule has 0 saturated carbocycles. The molecule has 0 unspecified atom stereocenters. The summed E-state index contributed by atoms with van der Waals surface area (Å²) in [5, 5.41) is 0. The van der Waals surface area contributed by atoms with E-state index < -0.39 is 0 Å². The number of quaternary nitrogens is 1. The number of hydrogen-bond donors (Lipinski definition) is 0. The van der Waals surface area contributed by atoms with Crippen LogP contribution in [-0.2, 0) is 0 Å². The molecule has 0 aromatic carbocycles. The molecule has 2 nitrogen and oxygen atoms in total. The summed E-state index contributed by atoms with van der Waals surface area (Å²) in [6.07, 6.45) is 94.7. The van der Waals surface area contributed by atoms with Crippen LogP contribution in [0.2, 0.25) is 0 Å². The van der Waals surface area contributed by atoms with Crippen LogP contribution in [-0.4, -0.2) is 36.1 Å². The quantitative estimate of drug-likeness (QED) is 0.0441. The van der Waals surface area contributed by atoms with Crippen molar-refractivity contribution in [3.63, 3.8) is 0 Å². The predicted molar refractivity (Wildman–Crippen MR) is 340 cm³/mol. The van der Waals surface area contributed by atoms with Crippen LogP contribution >= 0.6 is 0 Å². The summed E-state index contributed by atoms with van der Waals surface area (Å²) >= 11 is 0. The third kappa shape index (κ3) is 62.8. The van der Waals surface area contributed by atoms with Gasteiger partial charge < -0.3 is 9.96 Å². The van der Waals surface area contributed by atoms with E-state index in [-0.39, 0.29) is 5.48 Å². The molecule has 0 fully saturated rings. The number of rotatable bonds is 68. The summed E-state index contributed by atoms with van der Waals surface area (Å²) in [6, 6.07) is 0. The monoisotopic (exact) mass is 1040 g/mol. The molecular formula is C72H149NO. The Labute approximate surface area is 472 Å². The lowest BCUT2D eigenvalue weighted by molar-refractivity contribution is -0.929. The first-order valence-electron chi connectivity index (χ1n) is 36.1. The summed E-state index contributed by atoms with van der Waals surface area (Å²) < 4.78 is 1.49. The summed E-state index contributed by atoms with van der Waals surface area (Å²) in [7, 11) is 0. The van der Waals surface area contributed by atoms with Crippen LogP contribution in [0.3, 0.4) is 0 Å². The first-order chi connectivity index (χ1) is 36.2. The van der Waals surface area contributed by atoms with E-state index >= 15 is 0 Å². The first-order valence-corrected chi connectivity index (χ1v) is 36.1. The molecule has 0 heterocycles. The third-order valence-electron chi connectivity index (χ3n) is 17.9. The second kappa shape index (κ2) is 69.0. The minimum atomic E-state index is 0. The van der Waals surface area contributed by atoms with E-state index in [4.69, 9.17) is 0 Å². The largest absolute Gasteiger partial charge is 0.870 e. The van der Waals surface area contributed by atoms with Crippen LogP contribution in [0.15, 0.2) is 0 Å². The molecule has 0 amide bonds. The van der Waals surface area contributed by atoms with Gasteiger partial charge in [-0.15, -0.1) is 0 Å². The minimum Gasteiger partial charge on any atom is -0.870 e. The maximum atomic E-state index is 2.33. The standard InChI is InChI=1S/C72H148N.H2O/c1-5-9-13-17-21-25-29-33-37-41-45-49-53-57-61-65-69-73(70-66-62-58-54-50-46-42-38-34-30-26-22-18-14-10-6-2,71-67-63-59-55-51-47-43-39-35-31-27-23-19-15-11-7-3)72-68-64-60-56-52-48-44-40-36-32-28-24-20-16-12-8-4;/h5-72H2,1-4H3;1H2/q+1;/p-1. The van der Waals surface area contributed by atoms with Gasteiger partial charge in [-0.05, 0) is 51.4 Å². The Kier molecular flexibility index (Phi) is 70.9. The molecule has 0 rings (SSSR count). The molecule has 2 heteroatoms. The highest BCUT2D eigenvalue weighted by Crippen LogP contribution is 2.23. The van der Waals surface area contributed by atoms with Gasteiger partial charge in [0.2, 0.25) is 0 Å². The first kappa shape index (κ1) is 76.0. The molecule has 1 N–H and O–H groups in total. The second-order valence-electron chi connectivity index (χ2n) is 25.4. The van der Waals surface area contributed by atoms with Gasteiger partial charge >= 0.3 is 0 Å². The minimum absolute atomic E-state index is 0. The molecule has 0 aliphatic carbocycles.